The zero-order valence-electron chi connectivity index (χ0n) is 17.8. The number of aromatic nitrogens is 1. The number of amides is 1. The second kappa shape index (κ2) is 9.14. The van der Waals surface area contributed by atoms with Gasteiger partial charge in [0.2, 0.25) is 0 Å². The average molecular weight is 437 g/mol. The van der Waals surface area contributed by atoms with Crippen LogP contribution in [0.1, 0.15) is 36.7 Å². The molecular formula is C24H24N2O4S. The Morgan fingerprint density at radius 2 is 1.81 bits per heavy atom. The number of hydrogen-bond acceptors (Lipinski definition) is 5. The first-order chi connectivity index (χ1) is 14.7. The van der Waals surface area contributed by atoms with Gasteiger partial charge in [-0.2, -0.15) is 0 Å². The fourth-order valence-corrected chi connectivity index (χ4v) is 3.55. The van der Waals surface area contributed by atoms with Crippen molar-refractivity contribution in [3.63, 3.8) is 0 Å². The van der Waals surface area contributed by atoms with E-state index in [9.17, 15) is 14.4 Å². The smallest absolute Gasteiger partial charge is 0.266 e. The highest BCUT2D eigenvalue weighted by Crippen LogP contribution is 2.16. The molecule has 2 N–H and O–H groups in total. The first kappa shape index (κ1) is 22.2. The fraction of sp³-hybridized carbons (Fsp3) is 0.208. The van der Waals surface area contributed by atoms with Gasteiger partial charge in [0.1, 0.15) is 5.75 Å². The van der Waals surface area contributed by atoms with Crippen molar-refractivity contribution in [3.05, 3.63) is 79.2 Å². The topological polar surface area (TPSA) is 88.3 Å². The molecule has 0 spiro atoms. The molecule has 7 heteroatoms. The summed E-state index contributed by atoms with van der Waals surface area (Å²) in [6.07, 6.45) is 3.19. The second-order valence-electron chi connectivity index (χ2n) is 8.00. The van der Waals surface area contributed by atoms with E-state index in [0.717, 1.165) is 5.56 Å². The van der Waals surface area contributed by atoms with Crippen LogP contribution in [0.2, 0.25) is 0 Å². The van der Waals surface area contributed by atoms with Crippen LogP contribution in [0.4, 0.5) is 5.69 Å². The number of hydrogen-bond donors (Lipinski definition) is 2. The number of ether oxygens (including phenoxy) is 1. The Labute approximate surface area is 183 Å². The van der Waals surface area contributed by atoms with E-state index >= 15 is 0 Å². The summed E-state index contributed by atoms with van der Waals surface area (Å²) in [6, 6.07) is 14.0. The third kappa shape index (κ3) is 5.79. The fourth-order valence-electron chi connectivity index (χ4n) is 2.66. The quantitative estimate of drug-likeness (QED) is 0.644. The highest BCUT2D eigenvalue weighted by atomic mass is 32.1. The van der Waals surface area contributed by atoms with E-state index in [0.29, 0.717) is 26.2 Å². The summed E-state index contributed by atoms with van der Waals surface area (Å²) >= 11 is 1.22. The Morgan fingerprint density at radius 1 is 1.10 bits per heavy atom. The van der Waals surface area contributed by atoms with Gasteiger partial charge in [0.25, 0.3) is 11.5 Å². The number of carbonyl (C=O) groups is 2. The number of methoxy groups -OCH3 is 1. The van der Waals surface area contributed by atoms with Crippen molar-refractivity contribution in [1.82, 2.24) is 4.98 Å². The lowest BCUT2D eigenvalue weighted by molar-refractivity contribution is -0.119. The molecular weight excluding hydrogens is 412 g/mol. The molecule has 3 rings (SSSR count). The average Bonchev–Trinajstić information content (AvgIpc) is 3.06. The molecule has 1 amide bonds. The summed E-state index contributed by atoms with van der Waals surface area (Å²) in [7, 11) is 1.57. The number of thiazole rings is 1. The van der Waals surface area contributed by atoms with Crippen molar-refractivity contribution < 1.29 is 14.3 Å². The third-order valence-corrected chi connectivity index (χ3v) is 5.44. The monoisotopic (exact) mass is 436 g/mol. The van der Waals surface area contributed by atoms with Crippen LogP contribution in [-0.2, 0) is 4.79 Å². The SMILES string of the molecule is COc1ccc(C(=O)Nc2cccc(C=c3sc(=CC(=O)C(C)(C)C)[nH]c3=O)c2)cc1. The van der Waals surface area contributed by atoms with Gasteiger partial charge in [-0.05, 0) is 48.0 Å². The molecule has 0 unspecified atom stereocenters. The number of aromatic amines is 1. The van der Waals surface area contributed by atoms with Crippen LogP contribution >= 0.6 is 11.3 Å². The minimum Gasteiger partial charge on any atom is -0.497 e. The van der Waals surface area contributed by atoms with E-state index in [4.69, 9.17) is 4.74 Å². The van der Waals surface area contributed by atoms with Gasteiger partial charge in [-0.15, -0.1) is 11.3 Å². The van der Waals surface area contributed by atoms with Crippen molar-refractivity contribution in [3.8, 4) is 5.75 Å². The number of Topliss-reactive ketones (excluding diaryl/α,β-unsaturated/α-hetero) is 1. The predicted molar refractivity (Wildman–Crippen MR) is 124 cm³/mol. The van der Waals surface area contributed by atoms with Gasteiger partial charge in [0.05, 0.1) is 16.3 Å². The number of ketones is 1. The van der Waals surface area contributed by atoms with Gasteiger partial charge in [-0.1, -0.05) is 32.9 Å². The van der Waals surface area contributed by atoms with E-state index in [1.165, 1.54) is 17.4 Å². The standard InChI is InChI=1S/C24H24N2O4S/c1-24(2,3)20(27)14-21-26-23(29)19(31-21)13-15-6-5-7-17(12-15)25-22(28)16-8-10-18(30-4)11-9-16/h5-14H,1-4H3,(H,25,28)(H,26,29). The third-order valence-electron chi connectivity index (χ3n) is 4.48. The Bertz CT molecular complexity index is 1280. The van der Waals surface area contributed by atoms with E-state index < -0.39 is 5.41 Å². The van der Waals surface area contributed by atoms with Gasteiger partial charge in [0, 0.05) is 22.7 Å². The van der Waals surface area contributed by atoms with Gasteiger partial charge in [-0.25, -0.2) is 0 Å². The Morgan fingerprint density at radius 3 is 2.45 bits per heavy atom. The number of carbonyl (C=O) groups excluding carboxylic acids is 2. The van der Waals surface area contributed by atoms with Crippen LogP contribution < -0.4 is 24.8 Å². The molecule has 2 aromatic carbocycles. The molecule has 1 heterocycles. The Balaban J connectivity index is 1.84. The molecule has 160 valence electrons. The van der Waals surface area contributed by atoms with Crippen LogP contribution in [0.5, 0.6) is 5.75 Å². The number of rotatable bonds is 5. The molecule has 0 aliphatic carbocycles. The molecule has 0 atom stereocenters. The summed E-state index contributed by atoms with van der Waals surface area (Å²) in [6.45, 7) is 5.49. The molecule has 6 nitrogen and oxygen atoms in total. The van der Waals surface area contributed by atoms with Gasteiger partial charge in [-0.3, -0.25) is 14.4 Å². The van der Waals surface area contributed by atoms with Crippen LogP contribution in [0.3, 0.4) is 0 Å². The zero-order chi connectivity index (χ0) is 22.6. The molecule has 0 radical (unpaired) electrons. The highest BCUT2D eigenvalue weighted by Gasteiger charge is 2.18. The second-order valence-corrected chi connectivity index (χ2v) is 9.08. The lowest BCUT2D eigenvalue weighted by atomic mass is 9.91. The van der Waals surface area contributed by atoms with Gasteiger partial charge >= 0.3 is 0 Å². The van der Waals surface area contributed by atoms with E-state index in [-0.39, 0.29) is 17.2 Å². The maximum atomic E-state index is 12.5. The minimum atomic E-state index is -0.513. The lowest BCUT2D eigenvalue weighted by Gasteiger charge is -2.12. The summed E-state index contributed by atoms with van der Waals surface area (Å²) in [5, 5.41) is 2.85. The molecule has 0 bridgehead atoms. The molecule has 0 aliphatic rings. The molecule has 31 heavy (non-hydrogen) atoms. The van der Waals surface area contributed by atoms with E-state index in [1.807, 2.05) is 26.8 Å². The molecule has 1 aromatic heterocycles. The van der Waals surface area contributed by atoms with Crippen molar-refractivity contribution in [2.45, 2.75) is 20.8 Å². The summed E-state index contributed by atoms with van der Waals surface area (Å²) in [4.78, 5) is 39.7. The van der Waals surface area contributed by atoms with Crippen molar-refractivity contribution >= 4 is 40.9 Å². The number of H-pyrrole nitrogens is 1. The lowest BCUT2D eigenvalue weighted by Crippen LogP contribution is -2.22. The molecule has 0 aliphatic heterocycles. The zero-order valence-corrected chi connectivity index (χ0v) is 18.6. The summed E-state index contributed by atoms with van der Waals surface area (Å²) in [5.74, 6) is 0.376. The van der Waals surface area contributed by atoms with Crippen LogP contribution in [-0.4, -0.2) is 23.8 Å². The van der Waals surface area contributed by atoms with Gasteiger partial charge in [0.15, 0.2) is 5.78 Å². The minimum absolute atomic E-state index is 0.0557. The first-order valence-corrected chi connectivity index (χ1v) is 10.5. The van der Waals surface area contributed by atoms with E-state index in [2.05, 4.69) is 10.3 Å². The molecule has 0 saturated heterocycles. The normalized spacial score (nSPS) is 12.6. The van der Waals surface area contributed by atoms with Crippen LogP contribution in [0.15, 0.2) is 53.3 Å². The highest BCUT2D eigenvalue weighted by molar-refractivity contribution is 7.07. The molecule has 3 aromatic rings. The molecule has 0 saturated carbocycles. The number of benzene rings is 2. The van der Waals surface area contributed by atoms with Gasteiger partial charge < -0.3 is 15.0 Å². The predicted octanol–water partition coefficient (Wildman–Crippen LogP) is 2.92. The largest absolute Gasteiger partial charge is 0.497 e. The maximum absolute atomic E-state index is 12.5. The van der Waals surface area contributed by atoms with Crippen molar-refractivity contribution in [2.75, 3.05) is 12.4 Å². The van der Waals surface area contributed by atoms with Crippen molar-refractivity contribution in [1.29, 1.82) is 0 Å². The number of anilines is 1. The van der Waals surface area contributed by atoms with Crippen LogP contribution in [0, 0.1) is 5.41 Å². The molecule has 0 fully saturated rings. The summed E-state index contributed by atoms with van der Waals surface area (Å²) < 4.78 is 6.10. The van der Waals surface area contributed by atoms with Crippen LogP contribution in [0.25, 0.3) is 12.2 Å². The number of nitrogens with one attached hydrogen (secondary N) is 2. The first-order valence-electron chi connectivity index (χ1n) is 9.68. The maximum Gasteiger partial charge on any atom is 0.266 e. The summed E-state index contributed by atoms with van der Waals surface area (Å²) in [5.41, 5.74) is 1.10. The van der Waals surface area contributed by atoms with E-state index in [1.54, 1.807) is 55.7 Å². The Hall–Kier alpha value is -3.45. The Kier molecular flexibility index (Phi) is 6.56. The van der Waals surface area contributed by atoms with Crippen molar-refractivity contribution in [2.24, 2.45) is 5.41 Å².